The summed E-state index contributed by atoms with van der Waals surface area (Å²) in [5, 5.41) is 46.9. The minimum absolute atomic E-state index is 0. The molecule has 1 aliphatic rings. The molecule has 94 valence electrons. The zero-order chi connectivity index (χ0) is 12.3. The number of hydrogen-bond acceptors (Lipinski definition) is 8. The summed E-state index contributed by atoms with van der Waals surface area (Å²) in [5.74, 6) is -1.44. The quantitative estimate of drug-likeness (QED) is 0.365. The van der Waals surface area contributed by atoms with Crippen LogP contribution in [0.25, 0.3) is 0 Å². The molecule has 0 bridgehead atoms. The molecule has 1 aliphatic heterocycles. The van der Waals surface area contributed by atoms with Gasteiger partial charge < -0.3 is 39.8 Å². The molecule has 1 saturated heterocycles. The van der Waals surface area contributed by atoms with Gasteiger partial charge in [-0.05, 0) is 0 Å². The largest absolute Gasteiger partial charge is 1.00 e. The summed E-state index contributed by atoms with van der Waals surface area (Å²) in [7, 11) is 0. The summed E-state index contributed by atoms with van der Waals surface area (Å²) in [6, 6.07) is 0. The molecule has 5 unspecified atom stereocenters. The fourth-order valence-electron chi connectivity index (χ4n) is 1.33. The van der Waals surface area contributed by atoms with Crippen LogP contribution < -0.4 is 34.7 Å². The molecule has 0 aromatic rings. The Kier molecular flexibility index (Phi) is 7.72. The van der Waals surface area contributed by atoms with Crippen LogP contribution in [0.1, 0.15) is 0 Å². The van der Waals surface area contributed by atoms with Crippen molar-refractivity contribution in [1.82, 2.24) is 0 Å². The second-order valence-electron chi connectivity index (χ2n) is 3.42. The zero-order valence-electron chi connectivity index (χ0n) is 9.22. The van der Waals surface area contributed by atoms with Crippen molar-refractivity contribution < 1.29 is 69.4 Å². The number of aliphatic hydroxyl groups is 4. The molecular weight excluding hydrogens is 247 g/mol. The average Bonchev–Trinajstić information content (AvgIpc) is 2.22. The molecule has 0 aliphatic carbocycles. The SMILES string of the molecule is O=C([O-])COCC1OC(O)C(O)C(O)C1O.[Na+]. The Hall–Kier alpha value is 0.230. The molecule has 5 atom stereocenters. The van der Waals surface area contributed by atoms with Crippen molar-refractivity contribution >= 4 is 5.97 Å². The maximum atomic E-state index is 10.0. The van der Waals surface area contributed by atoms with E-state index in [2.05, 4.69) is 4.74 Å². The van der Waals surface area contributed by atoms with Crippen LogP contribution in [0.5, 0.6) is 0 Å². The van der Waals surface area contributed by atoms with Crippen LogP contribution in [-0.2, 0) is 14.3 Å². The van der Waals surface area contributed by atoms with Gasteiger partial charge in [0.15, 0.2) is 6.29 Å². The van der Waals surface area contributed by atoms with E-state index >= 15 is 0 Å². The van der Waals surface area contributed by atoms with Crippen molar-refractivity contribution in [3.63, 3.8) is 0 Å². The molecule has 0 saturated carbocycles. The van der Waals surface area contributed by atoms with E-state index in [0.29, 0.717) is 0 Å². The predicted octanol–water partition coefficient (Wildman–Crippen LogP) is -7.44. The number of carbonyl (C=O) groups is 1. The molecule has 0 radical (unpaired) electrons. The van der Waals surface area contributed by atoms with Crippen LogP contribution >= 0.6 is 0 Å². The number of rotatable bonds is 4. The van der Waals surface area contributed by atoms with Gasteiger partial charge in [-0.2, -0.15) is 0 Å². The first-order chi connectivity index (χ1) is 7.43. The zero-order valence-corrected chi connectivity index (χ0v) is 11.2. The first-order valence-corrected chi connectivity index (χ1v) is 4.58. The Morgan fingerprint density at radius 2 is 1.76 bits per heavy atom. The van der Waals surface area contributed by atoms with Gasteiger partial charge in [-0.1, -0.05) is 0 Å². The van der Waals surface area contributed by atoms with Gasteiger partial charge in [0, 0.05) is 0 Å². The van der Waals surface area contributed by atoms with E-state index in [1.54, 1.807) is 0 Å². The maximum absolute atomic E-state index is 10.0. The van der Waals surface area contributed by atoms with Gasteiger partial charge in [0.1, 0.15) is 24.4 Å². The number of carboxylic acid groups (broad SMARTS) is 1. The summed E-state index contributed by atoms with van der Waals surface area (Å²) < 4.78 is 9.31. The van der Waals surface area contributed by atoms with E-state index in [9.17, 15) is 20.1 Å². The van der Waals surface area contributed by atoms with Gasteiger partial charge in [-0.15, -0.1) is 0 Å². The van der Waals surface area contributed by atoms with Crippen molar-refractivity contribution in [2.75, 3.05) is 13.2 Å². The van der Waals surface area contributed by atoms with Crippen molar-refractivity contribution in [2.24, 2.45) is 0 Å². The van der Waals surface area contributed by atoms with Gasteiger partial charge >= 0.3 is 29.6 Å². The number of carbonyl (C=O) groups excluding carboxylic acids is 1. The number of ether oxygens (including phenoxy) is 2. The standard InChI is InChI=1S/C8H14O8.Na/c9-4(10)2-15-1-3-5(11)6(12)7(13)8(14)16-3;/h3,5-8,11-14H,1-2H2,(H,9,10);/q;+1/p-1. The molecule has 0 amide bonds. The maximum Gasteiger partial charge on any atom is 1.00 e. The average molecular weight is 260 g/mol. The Morgan fingerprint density at radius 1 is 1.18 bits per heavy atom. The second kappa shape index (κ2) is 7.62. The molecule has 0 spiro atoms. The van der Waals surface area contributed by atoms with Crippen LogP contribution in [-0.4, -0.2) is 70.3 Å². The summed E-state index contributed by atoms with van der Waals surface area (Å²) in [6.45, 7) is -1.04. The monoisotopic (exact) mass is 260 g/mol. The van der Waals surface area contributed by atoms with Gasteiger partial charge in [0.2, 0.25) is 0 Å². The van der Waals surface area contributed by atoms with E-state index in [-0.39, 0.29) is 36.2 Å². The first kappa shape index (κ1) is 17.2. The van der Waals surface area contributed by atoms with Crippen LogP contribution in [0.3, 0.4) is 0 Å². The smallest absolute Gasteiger partial charge is 0.548 e. The predicted molar refractivity (Wildman–Crippen MR) is 44.7 cm³/mol. The van der Waals surface area contributed by atoms with Crippen molar-refractivity contribution in [1.29, 1.82) is 0 Å². The van der Waals surface area contributed by atoms with Crippen LogP contribution in [0.4, 0.5) is 0 Å². The van der Waals surface area contributed by atoms with Gasteiger partial charge in [-0.25, -0.2) is 0 Å². The summed E-state index contributed by atoms with van der Waals surface area (Å²) in [6.07, 6.45) is -7.45. The van der Waals surface area contributed by atoms with Gasteiger partial charge in [-0.3, -0.25) is 0 Å². The molecule has 17 heavy (non-hydrogen) atoms. The molecule has 0 aromatic heterocycles. The molecule has 4 N–H and O–H groups in total. The Balaban J connectivity index is 0.00000256. The fraction of sp³-hybridized carbons (Fsp3) is 0.875. The summed E-state index contributed by atoms with van der Waals surface area (Å²) in [5.41, 5.74) is 0. The topological polar surface area (TPSA) is 140 Å². The molecule has 8 nitrogen and oxygen atoms in total. The summed E-state index contributed by atoms with van der Waals surface area (Å²) in [4.78, 5) is 10.0. The van der Waals surface area contributed by atoms with Gasteiger partial charge in [0.05, 0.1) is 19.2 Å². The Bertz CT molecular complexity index is 250. The van der Waals surface area contributed by atoms with Crippen LogP contribution in [0.15, 0.2) is 0 Å². The number of aliphatic carboxylic acids is 1. The number of hydrogen-bond donors (Lipinski definition) is 4. The van der Waals surface area contributed by atoms with E-state index in [0.717, 1.165) is 0 Å². The third-order valence-electron chi connectivity index (χ3n) is 2.19. The minimum Gasteiger partial charge on any atom is -0.548 e. The third-order valence-corrected chi connectivity index (χ3v) is 2.19. The molecule has 1 heterocycles. The molecule has 0 aromatic carbocycles. The van der Waals surface area contributed by atoms with Crippen LogP contribution in [0, 0.1) is 0 Å². The van der Waals surface area contributed by atoms with E-state index in [1.807, 2.05) is 0 Å². The fourth-order valence-corrected chi connectivity index (χ4v) is 1.33. The summed E-state index contributed by atoms with van der Waals surface area (Å²) >= 11 is 0. The van der Waals surface area contributed by atoms with Crippen molar-refractivity contribution in [3.05, 3.63) is 0 Å². The normalized spacial score (nSPS) is 37.3. The Morgan fingerprint density at radius 3 is 2.29 bits per heavy atom. The molecular formula is C8H13NaO8. The molecule has 1 rings (SSSR count). The third kappa shape index (κ3) is 4.78. The molecule has 1 fully saturated rings. The van der Waals surface area contributed by atoms with Crippen molar-refractivity contribution in [3.8, 4) is 0 Å². The van der Waals surface area contributed by atoms with Crippen LogP contribution in [0.2, 0.25) is 0 Å². The van der Waals surface area contributed by atoms with Crippen molar-refractivity contribution in [2.45, 2.75) is 30.7 Å². The van der Waals surface area contributed by atoms with E-state index in [4.69, 9.17) is 14.9 Å². The second-order valence-corrected chi connectivity index (χ2v) is 3.42. The number of carboxylic acids is 1. The molecule has 9 heteroatoms. The van der Waals surface area contributed by atoms with Gasteiger partial charge in [0.25, 0.3) is 0 Å². The first-order valence-electron chi connectivity index (χ1n) is 4.58. The van der Waals surface area contributed by atoms with E-state index in [1.165, 1.54) is 0 Å². The number of aliphatic hydroxyl groups excluding tert-OH is 4. The minimum atomic E-state index is -1.66. The van der Waals surface area contributed by atoms with E-state index < -0.39 is 43.3 Å². The Labute approximate surface area is 119 Å².